The number of carbonyl (C=O) groups excluding carboxylic acids is 1. The fourth-order valence-electron chi connectivity index (χ4n) is 2.39. The summed E-state index contributed by atoms with van der Waals surface area (Å²) in [6, 6.07) is 6.24. The number of likely N-dealkylation sites (tertiary alicyclic amines) is 1. The molecule has 1 fully saturated rings. The van der Waals surface area contributed by atoms with E-state index in [0.29, 0.717) is 12.5 Å². The van der Waals surface area contributed by atoms with Crippen molar-refractivity contribution >= 4 is 11.6 Å². The molecule has 0 aliphatic carbocycles. The summed E-state index contributed by atoms with van der Waals surface area (Å²) in [4.78, 5) is 13.9. The third-order valence-electron chi connectivity index (χ3n) is 3.26. The zero-order valence-electron chi connectivity index (χ0n) is 10.7. The van der Waals surface area contributed by atoms with Crippen molar-refractivity contribution in [2.75, 3.05) is 25.0 Å². The fraction of sp³-hybridized carbons (Fsp3) is 0.500. The molecule has 18 heavy (non-hydrogen) atoms. The number of rotatable bonds is 3. The van der Waals surface area contributed by atoms with E-state index in [9.17, 15) is 9.18 Å². The van der Waals surface area contributed by atoms with Crippen LogP contribution in [0.4, 0.5) is 10.1 Å². The minimum atomic E-state index is -0.391. The molecule has 1 amide bonds. The van der Waals surface area contributed by atoms with Crippen LogP contribution in [0.2, 0.25) is 0 Å². The van der Waals surface area contributed by atoms with Crippen LogP contribution in [0.25, 0.3) is 0 Å². The maximum absolute atomic E-state index is 13.4. The van der Waals surface area contributed by atoms with Gasteiger partial charge >= 0.3 is 0 Å². The number of carbonyl (C=O) groups is 1. The molecule has 0 radical (unpaired) electrons. The van der Waals surface area contributed by atoms with Crippen molar-refractivity contribution in [3.63, 3.8) is 0 Å². The van der Waals surface area contributed by atoms with Crippen LogP contribution in [0.15, 0.2) is 24.3 Å². The van der Waals surface area contributed by atoms with Gasteiger partial charge in [0.05, 0.1) is 12.2 Å². The monoisotopic (exact) mass is 250 g/mol. The van der Waals surface area contributed by atoms with Gasteiger partial charge in [-0.2, -0.15) is 0 Å². The van der Waals surface area contributed by atoms with Crippen LogP contribution >= 0.6 is 0 Å². The van der Waals surface area contributed by atoms with E-state index < -0.39 is 5.82 Å². The molecule has 0 bridgehead atoms. The molecule has 3 nitrogen and oxygen atoms in total. The van der Waals surface area contributed by atoms with Crippen molar-refractivity contribution in [2.24, 2.45) is 5.92 Å². The average Bonchev–Trinajstić information content (AvgIpc) is 2.32. The van der Waals surface area contributed by atoms with Crippen LogP contribution in [0, 0.1) is 11.7 Å². The van der Waals surface area contributed by atoms with Crippen LogP contribution in [0.3, 0.4) is 0 Å². The molecule has 1 aliphatic rings. The van der Waals surface area contributed by atoms with Gasteiger partial charge in [0.2, 0.25) is 5.91 Å². The molecular weight excluding hydrogens is 231 g/mol. The second kappa shape index (κ2) is 5.96. The van der Waals surface area contributed by atoms with Crippen molar-refractivity contribution < 1.29 is 9.18 Å². The fourth-order valence-corrected chi connectivity index (χ4v) is 2.39. The number of nitrogens with one attached hydrogen (secondary N) is 1. The van der Waals surface area contributed by atoms with Crippen LogP contribution in [-0.4, -0.2) is 30.4 Å². The van der Waals surface area contributed by atoms with E-state index in [2.05, 4.69) is 17.1 Å². The number of para-hydroxylation sites is 1. The topological polar surface area (TPSA) is 32.3 Å². The molecule has 1 aliphatic heterocycles. The Balaban J connectivity index is 1.87. The summed E-state index contributed by atoms with van der Waals surface area (Å²) in [7, 11) is 0. The lowest BCUT2D eigenvalue weighted by Crippen LogP contribution is -2.39. The van der Waals surface area contributed by atoms with Crippen molar-refractivity contribution in [1.82, 2.24) is 4.90 Å². The zero-order chi connectivity index (χ0) is 13.0. The maximum atomic E-state index is 13.4. The molecule has 1 heterocycles. The van der Waals surface area contributed by atoms with Gasteiger partial charge in [0.25, 0.3) is 0 Å². The average molecular weight is 250 g/mol. The first kappa shape index (κ1) is 13.0. The Kier molecular flexibility index (Phi) is 4.31. The predicted molar refractivity (Wildman–Crippen MR) is 69.9 cm³/mol. The van der Waals surface area contributed by atoms with Gasteiger partial charge in [0, 0.05) is 6.54 Å². The van der Waals surface area contributed by atoms with E-state index in [1.807, 2.05) is 0 Å². The largest absolute Gasteiger partial charge is 0.322 e. The Morgan fingerprint density at radius 1 is 1.50 bits per heavy atom. The molecule has 4 heteroatoms. The summed E-state index contributed by atoms with van der Waals surface area (Å²) >= 11 is 0. The zero-order valence-corrected chi connectivity index (χ0v) is 10.7. The Hall–Kier alpha value is -1.42. The Bertz CT molecular complexity index is 422. The number of nitrogens with zero attached hydrogens (tertiary/aromatic N) is 1. The lowest BCUT2D eigenvalue weighted by atomic mass is 10.0. The van der Waals surface area contributed by atoms with E-state index in [-0.39, 0.29) is 11.6 Å². The van der Waals surface area contributed by atoms with E-state index in [0.717, 1.165) is 19.5 Å². The molecular formula is C14H19FN2O. The summed E-state index contributed by atoms with van der Waals surface area (Å²) in [6.07, 6.45) is 2.36. The van der Waals surface area contributed by atoms with Gasteiger partial charge in [0.1, 0.15) is 5.82 Å². The highest BCUT2D eigenvalue weighted by Gasteiger charge is 2.18. The number of piperidine rings is 1. The third kappa shape index (κ3) is 3.53. The van der Waals surface area contributed by atoms with Crippen molar-refractivity contribution in [2.45, 2.75) is 19.8 Å². The van der Waals surface area contributed by atoms with Gasteiger partial charge < -0.3 is 5.32 Å². The first-order valence-electron chi connectivity index (χ1n) is 6.42. The van der Waals surface area contributed by atoms with Gasteiger partial charge in [-0.25, -0.2) is 4.39 Å². The van der Waals surface area contributed by atoms with E-state index in [1.54, 1.807) is 18.2 Å². The smallest absolute Gasteiger partial charge is 0.238 e. The molecule has 0 saturated carbocycles. The molecule has 1 saturated heterocycles. The molecule has 1 atom stereocenters. The van der Waals surface area contributed by atoms with Gasteiger partial charge in [-0.15, -0.1) is 0 Å². The number of halogens is 1. The number of benzene rings is 1. The standard InChI is InChI=1S/C14H19FN2O/c1-11-5-4-8-17(9-11)10-14(18)16-13-7-3-2-6-12(13)15/h2-3,6-7,11H,4-5,8-10H2,1H3,(H,16,18)/t11-/m1/s1. The molecule has 0 aromatic heterocycles. The Labute approximate surface area is 107 Å². The molecule has 1 N–H and O–H groups in total. The van der Waals surface area contributed by atoms with Crippen LogP contribution < -0.4 is 5.32 Å². The molecule has 1 aromatic rings. The summed E-state index contributed by atoms with van der Waals surface area (Å²) in [5, 5.41) is 2.62. The predicted octanol–water partition coefficient (Wildman–Crippen LogP) is 2.50. The molecule has 2 rings (SSSR count). The first-order chi connectivity index (χ1) is 8.65. The molecule has 1 aromatic carbocycles. The van der Waals surface area contributed by atoms with E-state index in [4.69, 9.17) is 0 Å². The van der Waals surface area contributed by atoms with E-state index >= 15 is 0 Å². The number of hydrogen-bond donors (Lipinski definition) is 1. The minimum absolute atomic E-state index is 0.144. The van der Waals surface area contributed by atoms with Crippen molar-refractivity contribution in [3.05, 3.63) is 30.1 Å². The summed E-state index contributed by atoms with van der Waals surface area (Å²) < 4.78 is 13.4. The normalized spacial score (nSPS) is 20.7. The van der Waals surface area contributed by atoms with Crippen molar-refractivity contribution in [3.8, 4) is 0 Å². The lowest BCUT2D eigenvalue weighted by Gasteiger charge is -2.30. The second-order valence-electron chi connectivity index (χ2n) is 5.01. The van der Waals surface area contributed by atoms with Crippen LogP contribution in [-0.2, 0) is 4.79 Å². The minimum Gasteiger partial charge on any atom is -0.322 e. The second-order valence-corrected chi connectivity index (χ2v) is 5.01. The van der Waals surface area contributed by atoms with Gasteiger partial charge in [-0.1, -0.05) is 19.1 Å². The van der Waals surface area contributed by atoms with Gasteiger partial charge in [0.15, 0.2) is 0 Å². The lowest BCUT2D eigenvalue weighted by molar-refractivity contribution is -0.117. The first-order valence-corrected chi connectivity index (χ1v) is 6.42. The van der Waals surface area contributed by atoms with Gasteiger partial charge in [-0.05, 0) is 37.4 Å². The van der Waals surface area contributed by atoms with Crippen molar-refractivity contribution in [1.29, 1.82) is 0 Å². The highest BCUT2D eigenvalue weighted by Crippen LogP contribution is 2.16. The molecule has 0 spiro atoms. The quantitative estimate of drug-likeness (QED) is 0.894. The number of anilines is 1. The van der Waals surface area contributed by atoms with Gasteiger partial charge in [-0.3, -0.25) is 9.69 Å². The third-order valence-corrected chi connectivity index (χ3v) is 3.26. The SMILES string of the molecule is C[C@@H]1CCCN(CC(=O)Nc2ccccc2F)C1. The highest BCUT2D eigenvalue weighted by atomic mass is 19.1. The molecule has 98 valence electrons. The summed E-state index contributed by atoms with van der Waals surface area (Å²) in [5.74, 6) is 0.104. The van der Waals surface area contributed by atoms with E-state index in [1.165, 1.54) is 12.5 Å². The molecule has 0 unspecified atom stereocenters. The summed E-state index contributed by atoms with van der Waals surface area (Å²) in [6.45, 7) is 4.44. The Morgan fingerprint density at radius 2 is 2.28 bits per heavy atom. The Morgan fingerprint density at radius 3 is 3.00 bits per heavy atom. The number of amides is 1. The van der Waals surface area contributed by atoms with Crippen LogP contribution in [0.1, 0.15) is 19.8 Å². The summed E-state index contributed by atoms with van der Waals surface area (Å²) in [5.41, 5.74) is 0.257. The highest BCUT2D eigenvalue weighted by molar-refractivity contribution is 5.92. The number of hydrogen-bond acceptors (Lipinski definition) is 2. The van der Waals surface area contributed by atoms with Crippen LogP contribution in [0.5, 0.6) is 0 Å². The maximum Gasteiger partial charge on any atom is 0.238 e.